The normalized spacial score (nSPS) is 13.6. The van der Waals surface area contributed by atoms with Gasteiger partial charge in [-0.1, -0.05) is 42.5 Å². The lowest BCUT2D eigenvalue weighted by Crippen LogP contribution is -2.25. The zero-order valence-corrected chi connectivity index (χ0v) is 12.6. The average Bonchev–Trinajstić information content (AvgIpc) is 2.45. The SMILES string of the molecule is COC(C)(C)CCC(O)Cc1ccc2ccccc2c1. The number of methoxy groups -OCH3 is 1. The van der Waals surface area contributed by atoms with Crippen molar-refractivity contribution in [2.45, 2.75) is 44.8 Å². The highest BCUT2D eigenvalue weighted by atomic mass is 16.5. The van der Waals surface area contributed by atoms with Crippen molar-refractivity contribution in [3.05, 3.63) is 48.0 Å². The number of aliphatic hydroxyl groups is 1. The predicted molar refractivity (Wildman–Crippen MR) is 84.0 cm³/mol. The molecule has 0 spiro atoms. The maximum atomic E-state index is 10.2. The van der Waals surface area contributed by atoms with Crippen LogP contribution in [-0.4, -0.2) is 23.9 Å². The summed E-state index contributed by atoms with van der Waals surface area (Å²) in [6.07, 6.45) is 2.00. The van der Waals surface area contributed by atoms with E-state index in [-0.39, 0.29) is 11.7 Å². The van der Waals surface area contributed by atoms with Gasteiger partial charge in [0.2, 0.25) is 0 Å². The summed E-state index contributed by atoms with van der Waals surface area (Å²) >= 11 is 0. The molecule has 2 heteroatoms. The van der Waals surface area contributed by atoms with Gasteiger partial charge in [-0.2, -0.15) is 0 Å². The first kappa shape index (κ1) is 15.0. The zero-order valence-electron chi connectivity index (χ0n) is 12.6. The van der Waals surface area contributed by atoms with Gasteiger partial charge in [0.1, 0.15) is 0 Å². The second kappa shape index (κ2) is 6.38. The predicted octanol–water partition coefficient (Wildman–Crippen LogP) is 3.95. The van der Waals surface area contributed by atoms with Crippen LogP contribution in [0.2, 0.25) is 0 Å². The highest BCUT2D eigenvalue weighted by Gasteiger charge is 2.18. The van der Waals surface area contributed by atoms with Crippen LogP contribution in [0, 0.1) is 0 Å². The monoisotopic (exact) mass is 272 g/mol. The van der Waals surface area contributed by atoms with Gasteiger partial charge in [0.15, 0.2) is 0 Å². The first-order chi connectivity index (χ1) is 9.50. The molecule has 0 aliphatic rings. The second-order valence-electron chi connectivity index (χ2n) is 6.04. The molecular formula is C18H24O2. The molecule has 2 aromatic rings. The molecule has 0 radical (unpaired) electrons. The lowest BCUT2D eigenvalue weighted by Gasteiger charge is -2.24. The van der Waals surface area contributed by atoms with Crippen LogP contribution in [0.25, 0.3) is 10.8 Å². The number of hydrogen-bond acceptors (Lipinski definition) is 2. The largest absolute Gasteiger partial charge is 0.393 e. The van der Waals surface area contributed by atoms with Gasteiger partial charge < -0.3 is 9.84 Å². The highest BCUT2D eigenvalue weighted by Crippen LogP contribution is 2.20. The van der Waals surface area contributed by atoms with E-state index in [1.807, 2.05) is 12.1 Å². The van der Waals surface area contributed by atoms with Gasteiger partial charge in [0.05, 0.1) is 11.7 Å². The standard InChI is InChI=1S/C18H24O2/c1-18(2,20-3)11-10-17(19)13-14-8-9-15-6-4-5-7-16(15)12-14/h4-9,12,17,19H,10-11,13H2,1-3H3. The molecule has 0 amide bonds. The van der Waals surface area contributed by atoms with Gasteiger partial charge >= 0.3 is 0 Å². The van der Waals surface area contributed by atoms with Gasteiger partial charge in [-0.3, -0.25) is 0 Å². The molecule has 0 saturated carbocycles. The summed E-state index contributed by atoms with van der Waals surface area (Å²) in [5, 5.41) is 12.7. The van der Waals surface area contributed by atoms with Gasteiger partial charge in [0.25, 0.3) is 0 Å². The Morgan fingerprint density at radius 1 is 1.10 bits per heavy atom. The Bertz CT molecular complexity index is 560. The maximum absolute atomic E-state index is 10.2. The summed E-state index contributed by atoms with van der Waals surface area (Å²) in [7, 11) is 1.72. The number of hydrogen-bond donors (Lipinski definition) is 1. The summed E-state index contributed by atoms with van der Waals surface area (Å²) in [5.74, 6) is 0. The third-order valence-electron chi connectivity index (χ3n) is 3.92. The lowest BCUT2D eigenvalue weighted by atomic mass is 9.96. The molecule has 1 unspecified atom stereocenters. The van der Waals surface area contributed by atoms with Gasteiger partial charge in [-0.15, -0.1) is 0 Å². The van der Waals surface area contributed by atoms with E-state index in [1.54, 1.807) is 7.11 Å². The van der Waals surface area contributed by atoms with Crippen molar-refractivity contribution in [1.82, 2.24) is 0 Å². The van der Waals surface area contributed by atoms with Crippen LogP contribution in [0.1, 0.15) is 32.3 Å². The third-order valence-corrected chi connectivity index (χ3v) is 3.92. The summed E-state index contributed by atoms with van der Waals surface area (Å²) in [4.78, 5) is 0. The number of rotatable bonds is 6. The quantitative estimate of drug-likeness (QED) is 0.863. The molecule has 20 heavy (non-hydrogen) atoms. The summed E-state index contributed by atoms with van der Waals surface area (Å²) in [6.45, 7) is 4.10. The molecule has 0 aliphatic heterocycles. The first-order valence-corrected chi connectivity index (χ1v) is 7.21. The molecule has 0 saturated heterocycles. The molecule has 1 atom stereocenters. The molecule has 0 fully saturated rings. The van der Waals surface area contributed by atoms with E-state index >= 15 is 0 Å². The number of benzene rings is 2. The van der Waals surface area contributed by atoms with Gasteiger partial charge in [-0.05, 0) is 49.4 Å². The summed E-state index contributed by atoms with van der Waals surface area (Å²) < 4.78 is 5.38. The minimum absolute atomic E-state index is 0.162. The van der Waals surface area contributed by atoms with Crippen molar-refractivity contribution in [3.63, 3.8) is 0 Å². The van der Waals surface area contributed by atoms with Crippen LogP contribution in [0.3, 0.4) is 0 Å². The van der Waals surface area contributed by atoms with Crippen LogP contribution >= 0.6 is 0 Å². The van der Waals surface area contributed by atoms with Gasteiger partial charge in [-0.25, -0.2) is 0 Å². The number of aliphatic hydroxyl groups excluding tert-OH is 1. The van der Waals surface area contributed by atoms with E-state index in [1.165, 1.54) is 16.3 Å². The van der Waals surface area contributed by atoms with Crippen molar-refractivity contribution in [2.24, 2.45) is 0 Å². The lowest BCUT2D eigenvalue weighted by molar-refractivity contribution is 0.00307. The Morgan fingerprint density at radius 3 is 2.50 bits per heavy atom. The molecule has 0 heterocycles. The molecule has 1 N–H and O–H groups in total. The fourth-order valence-electron chi connectivity index (χ4n) is 2.36. The van der Waals surface area contributed by atoms with Crippen LogP contribution in [0.5, 0.6) is 0 Å². The molecule has 0 bridgehead atoms. The smallest absolute Gasteiger partial charge is 0.0623 e. The topological polar surface area (TPSA) is 29.5 Å². The second-order valence-corrected chi connectivity index (χ2v) is 6.04. The number of fused-ring (bicyclic) bond motifs is 1. The Morgan fingerprint density at radius 2 is 1.80 bits per heavy atom. The summed E-state index contributed by atoms with van der Waals surface area (Å²) in [5.41, 5.74) is 1.02. The molecule has 2 nitrogen and oxygen atoms in total. The van der Waals surface area contributed by atoms with Crippen LogP contribution < -0.4 is 0 Å². The van der Waals surface area contributed by atoms with Crippen molar-refractivity contribution in [3.8, 4) is 0 Å². The number of ether oxygens (including phenoxy) is 1. The maximum Gasteiger partial charge on any atom is 0.0623 e. The van der Waals surface area contributed by atoms with E-state index in [0.717, 1.165) is 12.8 Å². The van der Waals surface area contributed by atoms with Crippen molar-refractivity contribution < 1.29 is 9.84 Å². The first-order valence-electron chi connectivity index (χ1n) is 7.21. The molecule has 2 rings (SSSR count). The van der Waals surface area contributed by atoms with Crippen LogP contribution in [0.4, 0.5) is 0 Å². The average molecular weight is 272 g/mol. The Kier molecular flexibility index (Phi) is 4.79. The Labute approximate surface area is 121 Å². The summed E-state index contributed by atoms with van der Waals surface area (Å²) in [6, 6.07) is 14.7. The third kappa shape index (κ3) is 4.06. The van der Waals surface area contributed by atoms with E-state index in [4.69, 9.17) is 4.74 Å². The Balaban J connectivity index is 1.97. The fourth-order valence-corrected chi connectivity index (χ4v) is 2.36. The van der Waals surface area contributed by atoms with Crippen LogP contribution in [-0.2, 0) is 11.2 Å². The minimum atomic E-state index is -0.314. The minimum Gasteiger partial charge on any atom is -0.393 e. The van der Waals surface area contributed by atoms with E-state index in [0.29, 0.717) is 6.42 Å². The van der Waals surface area contributed by atoms with Crippen molar-refractivity contribution in [2.75, 3.05) is 7.11 Å². The van der Waals surface area contributed by atoms with E-state index in [9.17, 15) is 5.11 Å². The molecule has 108 valence electrons. The molecule has 0 aliphatic carbocycles. The molecular weight excluding hydrogens is 248 g/mol. The van der Waals surface area contributed by atoms with E-state index in [2.05, 4.69) is 44.2 Å². The van der Waals surface area contributed by atoms with E-state index < -0.39 is 0 Å². The highest BCUT2D eigenvalue weighted by molar-refractivity contribution is 5.82. The fraction of sp³-hybridized carbons (Fsp3) is 0.444. The van der Waals surface area contributed by atoms with Crippen LogP contribution in [0.15, 0.2) is 42.5 Å². The Hall–Kier alpha value is -1.38. The molecule has 0 aromatic heterocycles. The van der Waals surface area contributed by atoms with Gasteiger partial charge in [0, 0.05) is 7.11 Å². The molecule has 2 aromatic carbocycles. The zero-order chi connectivity index (χ0) is 14.6. The van der Waals surface area contributed by atoms with Crippen molar-refractivity contribution >= 4 is 10.8 Å². The van der Waals surface area contributed by atoms with Crippen molar-refractivity contribution in [1.29, 1.82) is 0 Å².